The first kappa shape index (κ1) is 29.6. The number of hydrogen-bond donors (Lipinski definition) is 4. The number of H-pyrrole nitrogens is 1. The lowest BCUT2D eigenvalue weighted by molar-refractivity contribution is 0.0690. The second kappa shape index (κ2) is 11.0. The molecule has 0 radical (unpaired) electrons. The molecule has 17 nitrogen and oxygen atoms in total. The lowest BCUT2D eigenvalue weighted by Crippen LogP contribution is -2.15. The van der Waals surface area contributed by atoms with E-state index in [1.165, 1.54) is 13.2 Å². The highest BCUT2D eigenvalue weighted by molar-refractivity contribution is 7.91. The number of azo groups is 1. The van der Waals surface area contributed by atoms with Gasteiger partial charge >= 0.3 is 16.4 Å². The van der Waals surface area contributed by atoms with Crippen LogP contribution in [-0.4, -0.2) is 74.7 Å². The zero-order valence-corrected chi connectivity index (χ0v) is 21.9. The Morgan fingerprint density at radius 3 is 2.13 bits per heavy atom. The van der Waals surface area contributed by atoms with E-state index >= 15 is 0 Å². The van der Waals surface area contributed by atoms with Crippen molar-refractivity contribution in [2.75, 3.05) is 19.5 Å². The molecule has 1 aromatic heterocycles. The first-order chi connectivity index (χ1) is 18.0. The normalized spacial score (nSPS) is 12.6. The summed E-state index contributed by atoms with van der Waals surface area (Å²) in [6.07, 6.45) is 0. The molecule has 0 aliphatic rings. The first-order valence-electron chi connectivity index (χ1n) is 10.1. The second-order valence-electron chi connectivity index (χ2n) is 7.35. The van der Waals surface area contributed by atoms with Crippen molar-refractivity contribution in [2.24, 2.45) is 10.2 Å². The van der Waals surface area contributed by atoms with Crippen LogP contribution in [0.25, 0.3) is 5.69 Å². The van der Waals surface area contributed by atoms with Gasteiger partial charge in [0.25, 0.3) is 15.7 Å². The van der Waals surface area contributed by atoms with Crippen molar-refractivity contribution in [3.8, 4) is 11.4 Å². The number of methoxy groups -OCH3 is 1. The smallest absolute Gasteiger partial charge is 0.397 e. The molecule has 0 fully saturated rings. The monoisotopic (exact) mass is 606 g/mol. The van der Waals surface area contributed by atoms with E-state index in [0.29, 0.717) is 0 Å². The van der Waals surface area contributed by atoms with Crippen LogP contribution in [-0.2, 0) is 34.5 Å². The van der Waals surface area contributed by atoms with Crippen molar-refractivity contribution in [1.29, 1.82) is 0 Å². The lowest BCUT2D eigenvalue weighted by atomic mass is 10.3. The quantitative estimate of drug-likeness (QED) is 0.176. The Kier molecular flexibility index (Phi) is 8.38. The van der Waals surface area contributed by atoms with Crippen molar-refractivity contribution in [3.63, 3.8) is 0 Å². The van der Waals surface area contributed by atoms with Crippen LogP contribution in [0.4, 0.5) is 11.4 Å². The molecule has 0 bridgehead atoms. The number of sulfone groups is 1. The molecule has 0 aliphatic heterocycles. The second-order valence-corrected chi connectivity index (χ2v) is 12.0. The maximum atomic E-state index is 12.9. The van der Waals surface area contributed by atoms with Crippen molar-refractivity contribution >= 4 is 47.7 Å². The lowest BCUT2D eigenvalue weighted by Gasteiger charge is -2.08. The molecule has 0 atom stereocenters. The number of carbonyl (C=O) groups is 1. The van der Waals surface area contributed by atoms with Crippen molar-refractivity contribution in [2.45, 2.75) is 9.79 Å². The molecule has 0 spiro atoms. The van der Waals surface area contributed by atoms with Gasteiger partial charge in [0.05, 0.1) is 34.9 Å². The standard InChI is InChI=1S/C19H18N4O13S3/c1-35-15-7-6-13(37(27,28)9-8-36-39(32,33)34)10-14(15)20-21-16-17(19(25)26)22-23(18(16)24)11-2-4-12(5-3-11)38(29,30)31/h2-7,10,22H,8-9H2,1H3,(H,25,26)(H,29,30,31)(H,32,33,34). The van der Waals surface area contributed by atoms with Gasteiger partial charge in [-0.2, -0.15) is 16.8 Å². The summed E-state index contributed by atoms with van der Waals surface area (Å²) in [6.45, 7) is -0.889. The van der Waals surface area contributed by atoms with Crippen molar-refractivity contribution in [1.82, 2.24) is 9.78 Å². The number of nitrogens with one attached hydrogen (secondary N) is 1. The number of aromatic amines is 1. The van der Waals surface area contributed by atoms with Gasteiger partial charge < -0.3 is 9.84 Å². The molecule has 4 N–H and O–H groups in total. The Bertz CT molecular complexity index is 1820. The number of rotatable bonds is 11. The van der Waals surface area contributed by atoms with E-state index in [1.807, 2.05) is 0 Å². The van der Waals surface area contributed by atoms with E-state index in [1.54, 1.807) is 0 Å². The van der Waals surface area contributed by atoms with E-state index in [4.69, 9.17) is 13.8 Å². The summed E-state index contributed by atoms with van der Waals surface area (Å²) in [5, 5.41) is 19.2. The molecular formula is C19H18N4O13S3. The van der Waals surface area contributed by atoms with Gasteiger partial charge in [0.15, 0.2) is 21.2 Å². The fraction of sp³-hybridized carbons (Fsp3) is 0.158. The third kappa shape index (κ3) is 7.13. The molecule has 0 saturated carbocycles. The summed E-state index contributed by atoms with van der Waals surface area (Å²) < 4.78 is 96.3. The number of benzene rings is 2. The van der Waals surface area contributed by atoms with Gasteiger partial charge in [-0.25, -0.2) is 22.1 Å². The van der Waals surface area contributed by atoms with Gasteiger partial charge in [0.2, 0.25) is 0 Å². The molecule has 39 heavy (non-hydrogen) atoms. The number of hydrogen-bond acceptors (Lipinski definition) is 12. The maximum Gasteiger partial charge on any atom is 0.397 e. The number of aromatic carboxylic acids is 1. The van der Waals surface area contributed by atoms with E-state index in [-0.39, 0.29) is 22.0 Å². The van der Waals surface area contributed by atoms with Gasteiger partial charge in [-0.1, -0.05) is 0 Å². The molecule has 0 amide bonds. The molecular weight excluding hydrogens is 588 g/mol. The summed E-state index contributed by atoms with van der Waals surface area (Å²) in [4.78, 5) is 23.8. The number of carboxylic acid groups (broad SMARTS) is 1. The topological polar surface area (TPSA) is 261 Å². The van der Waals surface area contributed by atoms with E-state index in [2.05, 4.69) is 19.5 Å². The van der Waals surface area contributed by atoms with Gasteiger partial charge in [0.1, 0.15) is 11.4 Å². The van der Waals surface area contributed by atoms with Crippen LogP contribution in [0.15, 0.2) is 67.3 Å². The third-order valence-corrected chi connectivity index (χ3v) is 7.83. The predicted octanol–water partition coefficient (Wildman–Crippen LogP) is 1.13. The molecule has 20 heteroatoms. The van der Waals surface area contributed by atoms with Crippen LogP contribution in [0.1, 0.15) is 10.5 Å². The van der Waals surface area contributed by atoms with Gasteiger partial charge in [-0.15, -0.1) is 10.2 Å². The molecule has 3 rings (SSSR count). The van der Waals surface area contributed by atoms with Crippen LogP contribution in [0.2, 0.25) is 0 Å². The van der Waals surface area contributed by atoms with Crippen LogP contribution >= 0.6 is 0 Å². The Labute approximate surface area is 219 Å². The van der Waals surface area contributed by atoms with Crippen LogP contribution < -0.4 is 10.3 Å². The van der Waals surface area contributed by atoms with Gasteiger partial charge in [-0.3, -0.25) is 19.0 Å². The predicted molar refractivity (Wildman–Crippen MR) is 130 cm³/mol. The summed E-state index contributed by atoms with van der Waals surface area (Å²) in [7, 11) is -12.4. The van der Waals surface area contributed by atoms with Gasteiger partial charge in [-0.05, 0) is 42.5 Å². The van der Waals surface area contributed by atoms with Crippen LogP contribution in [0.5, 0.6) is 5.75 Å². The number of nitrogens with zero attached hydrogens (tertiary/aromatic N) is 3. The number of aromatic nitrogens is 2. The van der Waals surface area contributed by atoms with E-state index in [9.17, 15) is 39.9 Å². The molecule has 3 aromatic rings. The Hall–Kier alpha value is -3.95. The maximum absolute atomic E-state index is 12.9. The highest BCUT2D eigenvalue weighted by atomic mass is 32.3. The van der Waals surface area contributed by atoms with Crippen LogP contribution in [0.3, 0.4) is 0 Å². The summed E-state index contributed by atoms with van der Waals surface area (Å²) in [5.41, 5.74) is -2.73. The fourth-order valence-electron chi connectivity index (χ4n) is 3.03. The zero-order chi connectivity index (χ0) is 29.2. The largest absolute Gasteiger partial charge is 0.494 e. The summed E-state index contributed by atoms with van der Waals surface area (Å²) >= 11 is 0. The summed E-state index contributed by atoms with van der Waals surface area (Å²) in [6, 6.07) is 7.39. The number of ether oxygens (including phenoxy) is 1. The first-order valence-corrected chi connectivity index (χ1v) is 14.6. The van der Waals surface area contributed by atoms with Crippen LogP contribution in [0, 0.1) is 0 Å². The molecule has 2 aromatic carbocycles. The summed E-state index contributed by atoms with van der Waals surface area (Å²) in [5.74, 6) is -2.49. The van der Waals surface area contributed by atoms with E-state index in [0.717, 1.165) is 41.1 Å². The van der Waals surface area contributed by atoms with Crippen molar-refractivity contribution < 1.29 is 53.2 Å². The average molecular weight is 607 g/mol. The highest BCUT2D eigenvalue weighted by Gasteiger charge is 2.22. The Morgan fingerprint density at radius 1 is 0.974 bits per heavy atom. The molecule has 210 valence electrons. The van der Waals surface area contributed by atoms with Crippen molar-refractivity contribution in [3.05, 3.63) is 58.5 Å². The Morgan fingerprint density at radius 2 is 1.59 bits per heavy atom. The molecule has 1 heterocycles. The molecule has 0 unspecified atom stereocenters. The minimum absolute atomic E-state index is 0.0193. The van der Waals surface area contributed by atoms with Gasteiger partial charge in [0, 0.05) is 0 Å². The van der Waals surface area contributed by atoms with E-state index < -0.39 is 70.5 Å². The highest BCUT2D eigenvalue weighted by Crippen LogP contribution is 2.32. The Balaban J connectivity index is 2.02. The third-order valence-electron chi connectivity index (χ3n) is 4.82. The molecule has 0 saturated heterocycles. The molecule has 0 aliphatic carbocycles. The fourth-order valence-corrected chi connectivity index (χ4v) is 5.02. The SMILES string of the molecule is COc1ccc(S(=O)(=O)CCOS(=O)(=O)O)cc1N=Nc1c(C(=O)O)[nH]n(-c2ccc(S(=O)(=O)O)cc2)c1=O. The average Bonchev–Trinajstić information content (AvgIpc) is 3.17. The number of carboxylic acids is 1. The minimum Gasteiger partial charge on any atom is -0.494 e. The minimum atomic E-state index is -4.87. The zero-order valence-electron chi connectivity index (χ0n) is 19.4.